The summed E-state index contributed by atoms with van der Waals surface area (Å²) in [5, 5.41) is 5.11. The summed E-state index contributed by atoms with van der Waals surface area (Å²) in [4.78, 5) is 16.1. The average molecular weight is 413 g/mol. The molecule has 5 heteroatoms. The van der Waals surface area contributed by atoms with Crippen LogP contribution in [-0.4, -0.2) is 24.4 Å². The van der Waals surface area contributed by atoms with E-state index in [4.69, 9.17) is 4.74 Å². The van der Waals surface area contributed by atoms with Crippen LogP contribution in [0.5, 0.6) is 0 Å². The molecule has 3 aromatic carbocycles. The highest BCUT2D eigenvalue weighted by Crippen LogP contribution is 2.44. The van der Waals surface area contributed by atoms with E-state index in [1.807, 2.05) is 60.7 Å². The summed E-state index contributed by atoms with van der Waals surface area (Å²) in [7, 11) is 0. The van der Waals surface area contributed by atoms with Crippen molar-refractivity contribution in [1.82, 2.24) is 5.32 Å². The van der Waals surface area contributed by atoms with Gasteiger partial charge in [-0.05, 0) is 52.2 Å². The summed E-state index contributed by atoms with van der Waals surface area (Å²) in [6.45, 7) is 0.696. The van der Waals surface area contributed by atoms with Crippen molar-refractivity contribution in [2.24, 2.45) is 4.99 Å². The lowest BCUT2D eigenvalue weighted by molar-refractivity contribution is 0.144. The molecule has 3 aromatic rings. The molecular weight excluding hydrogens is 392 g/mol. The monoisotopic (exact) mass is 412 g/mol. The maximum absolute atomic E-state index is 12.2. The van der Waals surface area contributed by atoms with Gasteiger partial charge in [-0.1, -0.05) is 72.8 Å². The van der Waals surface area contributed by atoms with E-state index in [1.165, 1.54) is 22.3 Å². The third kappa shape index (κ3) is 4.38. The zero-order valence-electron chi connectivity index (χ0n) is 16.2. The minimum atomic E-state index is -0.424. The number of ether oxygens (including phenoxy) is 1. The van der Waals surface area contributed by atoms with Gasteiger partial charge in [-0.25, -0.2) is 4.79 Å². The number of alkyl carbamates (subject to hydrolysis) is 1. The molecule has 1 aliphatic carbocycles. The Hall–Kier alpha value is -3.53. The van der Waals surface area contributed by atoms with Gasteiger partial charge in [-0.3, -0.25) is 0 Å². The van der Waals surface area contributed by atoms with Crippen LogP contribution in [0.3, 0.4) is 0 Å². The third-order valence-electron chi connectivity index (χ3n) is 5.09. The van der Waals surface area contributed by atoms with E-state index in [1.54, 1.807) is 0 Å². The largest absolute Gasteiger partial charge is 0.449 e. The SMILES string of the molecule is O=C(NCC=Cc1ccc(N=C=S)cc1)OCC1c2ccccc2-c2ccccc21. The lowest BCUT2D eigenvalue weighted by Gasteiger charge is -2.14. The molecule has 0 atom stereocenters. The van der Waals surface area contributed by atoms with E-state index in [-0.39, 0.29) is 5.92 Å². The Kier molecular flexibility index (Phi) is 6.14. The van der Waals surface area contributed by atoms with Gasteiger partial charge < -0.3 is 10.1 Å². The first kappa shape index (κ1) is 19.8. The molecule has 0 radical (unpaired) electrons. The van der Waals surface area contributed by atoms with E-state index in [0.29, 0.717) is 13.2 Å². The maximum atomic E-state index is 12.2. The number of thiocarbonyl (C=S) groups is 1. The second-order valence-electron chi connectivity index (χ2n) is 6.90. The minimum absolute atomic E-state index is 0.0623. The molecule has 0 saturated heterocycles. The van der Waals surface area contributed by atoms with Gasteiger partial charge in [0.2, 0.25) is 0 Å². The molecule has 0 bridgehead atoms. The van der Waals surface area contributed by atoms with E-state index in [2.05, 4.69) is 52.0 Å². The molecule has 1 amide bonds. The fourth-order valence-electron chi connectivity index (χ4n) is 3.70. The molecule has 0 aliphatic heterocycles. The number of hydrogen-bond acceptors (Lipinski definition) is 4. The number of hydrogen-bond donors (Lipinski definition) is 1. The smallest absolute Gasteiger partial charge is 0.407 e. The summed E-state index contributed by atoms with van der Waals surface area (Å²) in [5.41, 5.74) is 6.60. The summed E-state index contributed by atoms with van der Waals surface area (Å²) < 4.78 is 5.52. The summed E-state index contributed by atoms with van der Waals surface area (Å²) in [6, 6.07) is 24.1. The number of aliphatic imine (C=N–C) groups is 1. The first-order valence-corrected chi connectivity index (χ1v) is 10.1. The highest BCUT2D eigenvalue weighted by atomic mass is 32.1. The van der Waals surface area contributed by atoms with E-state index >= 15 is 0 Å². The Morgan fingerprint density at radius 1 is 1.00 bits per heavy atom. The Morgan fingerprint density at radius 3 is 2.27 bits per heavy atom. The highest BCUT2D eigenvalue weighted by molar-refractivity contribution is 7.78. The fraction of sp³-hybridized carbons (Fsp3) is 0.120. The van der Waals surface area contributed by atoms with Gasteiger partial charge in [0, 0.05) is 12.5 Å². The van der Waals surface area contributed by atoms with Crippen molar-refractivity contribution in [3.05, 3.63) is 95.6 Å². The standard InChI is InChI=1S/C25H20N2O2S/c28-25(26-15-5-6-18-11-13-19(14-12-18)27-17-30)29-16-24-22-9-3-1-7-20(22)21-8-2-4-10-23(21)24/h1-14,24H,15-16H2,(H,26,28). The number of nitrogens with zero attached hydrogens (tertiary/aromatic N) is 1. The zero-order chi connectivity index (χ0) is 20.8. The van der Waals surface area contributed by atoms with Crippen LogP contribution in [0, 0.1) is 0 Å². The molecule has 1 aliphatic rings. The molecule has 4 rings (SSSR count). The number of carbonyl (C=O) groups excluding carboxylic acids is 1. The fourth-order valence-corrected chi connectivity index (χ4v) is 3.80. The predicted octanol–water partition coefficient (Wildman–Crippen LogP) is 5.97. The van der Waals surface area contributed by atoms with Gasteiger partial charge in [-0.15, -0.1) is 0 Å². The normalized spacial score (nSPS) is 12.1. The Bertz CT molecular complexity index is 1090. The van der Waals surface area contributed by atoms with Crippen LogP contribution >= 0.6 is 12.2 Å². The number of isothiocyanates is 1. The molecule has 0 spiro atoms. The zero-order valence-corrected chi connectivity index (χ0v) is 17.1. The van der Waals surface area contributed by atoms with Crippen LogP contribution in [0.1, 0.15) is 22.6 Å². The van der Waals surface area contributed by atoms with Gasteiger partial charge in [0.1, 0.15) is 6.61 Å². The van der Waals surface area contributed by atoms with Crippen molar-refractivity contribution >= 4 is 35.2 Å². The van der Waals surface area contributed by atoms with Gasteiger partial charge >= 0.3 is 6.09 Å². The van der Waals surface area contributed by atoms with Crippen molar-refractivity contribution < 1.29 is 9.53 Å². The number of carbonyl (C=O) groups is 1. The number of fused-ring (bicyclic) bond motifs is 3. The molecule has 0 fully saturated rings. The summed E-state index contributed by atoms with van der Waals surface area (Å²) in [5.74, 6) is 0.0623. The Balaban J connectivity index is 1.31. The summed E-state index contributed by atoms with van der Waals surface area (Å²) in [6.07, 6.45) is 3.38. The van der Waals surface area contributed by atoms with Crippen molar-refractivity contribution in [1.29, 1.82) is 0 Å². The average Bonchev–Trinajstić information content (AvgIpc) is 3.10. The number of rotatable bonds is 6. The third-order valence-corrected chi connectivity index (χ3v) is 5.18. The lowest BCUT2D eigenvalue weighted by Crippen LogP contribution is -2.26. The van der Waals surface area contributed by atoms with E-state index in [0.717, 1.165) is 11.3 Å². The Labute approximate surface area is 180 Å². The molecule has 1 N–H and O–H groups in total. The first-order chi connectivity index (χ1) is 14.8. The molecule has 0 aromatic heterocycles. The molecular formula is C25H20N2O2S. The van der Waals surface area contributed by atoms with Crippen molar-refractivity contribution in [2.75, 3.05) is 13.2 Å². The van der Waals surface area contributed by atoms with Crippen molar-refractivity contribution in [3.63, 3.8) is 0 Å². The van der Waals surface area contributed by atoms with Crippen LogP contribution in [0.25, 0.3) is 17.2 Å². The molecule has 0 saturated carbocycles. The van der Waals surface area contributed by atoms with E-state index < -0.39 is 6.09 Å². The van der Waals surface area contributed by atoms with Gasteiger partial charge in [-0.2, -0.15) is 4.99 Å². The second kappa shape index (κ2) is 9.31. The van der Waals surface area contributed by atoms with Crippen LogP contribution in [-0.2, 0) is 4.74 Å². The number of benzene rings is 3. The molecule has 148 valence electrons. The molecule has 30 heavy (non-hydrogen) atoms. The second-order valence-corrected chi connectivity index (χ2v) is 7.09. The van der Waals surface area contributed by atoms with E-state index in [9.17, 15) is 4.79 Å². The predicted molar refractivity (Wildman–Crippen MR) is 123 cm³/mol. The quantitative estimate of drug-likeness (QED) is 0.401. The van der Waals surface area contributed by atoms with Gasteiger partial charge in [0.05, 0.1) is 10.8 Å². The lowest BCUT2D eigenvalue weighted by atomic mass is 9.98. The number of amides is 1. The van der Waals surface area contributed by atoms with Gasteiger partial charge in [0.25, 0.3) is 0 Å². The molecule has 0 unspecified atom stereocenters. The van der Waals surface area contributed by atoms with Crippen LogP contribution < -0.4 is 5.32 Å². The van der Waals surface area contributed by atoms with Crippen molar-refractivity contribution in [2.45, 2.75) is 5.92 Å². The maximum Gasteiger partial charge on any atom is 0.407 e. The molecule has 0 heterocycles. The van der Waals surface area contributed by atoms with Crippen LogP contribution in [0.2, 0.25) is 0 Å². The highest BCUT2D eigenvalue weighted by Gasteiger charge is 2.28. The van der Waals surface area contributed by atoms with Gasteiger partial charge in [0.15, 0.2) is 0 Å². The molecule has 4 nitrogen and oxygen atoms in total. The topological polar surface area (TPSA) is 50.7 Å². The number of nitrogens with one attached hydrogen (secondary N) is 1. The Morgan fingerprint density at radius 2 is 1.63 bits per heavy atom. The minimum Gasteiger partial charge on any atom is -0.449 e. The van der Waals surface area contributed by atoms with Crippen LogP contribution in [0.4, 0.5) is 10.5 Å². The van der Waals surface area contributed by atoms with Crippen LogP contribution in [0.15, 0.2) is 83.9 Å². The van der Waals surface area contributed by atoms with Crippen molar-refractivity contribution in [3.8, 4) is 11.1 Å². The summed E-state index contributed by atoms with van der Waals surface area (Å²) >= 11 is 4.59. The first-order valence-electron chi connectivity index (χ1n) is 9.69.